The number of hydrogen-bond acceptors (Lipinski definition) is 6. The Bertz CT molecular complexity index is 838. The predicted octanol–water partition coefficient (Wildman–Crippen LogP) is 3.55. The second-order valence-electron chi connectivity index (χ2n) is 5.02. The Kier molecular flexibility index (Phi) is 4.52. The molecule has 3 aromatic rings. The summed E-state index contributed by atoms with van der Waals surface area (Å²) < 4.78 is 5.14. The molecule has 0 bridgehead atoms. The van der Waals surface area contributed by atoms with Gasteiger partial charge in [-0.2, -0.15) is 4.98 Å². The maximum Gasteiger partial charge on any atom is 0.215 e. The molecule has 0 spiro atoms. The van der Waals surface area contributed by atoms with Gasteiger partial charge in [0, 0.05) is 22.9 Å². The van der Waals surface area contributed by atoms with Crippen LogP contribution >= 0.6 is 11.8 Å². The molecular formula is C17H18N4OS. The third kappa shape index (κ3) is 3.32. The number of nitrogens with one attached hydrogen (secondary N) is 1. The molecule has 3 N–H and O–H groups in total. The van der Waals surface area contributed by atoms with Crippen LogP contribution in [-0.2, 0) is 6.54 Å². The Morgan fingerprint density at radius 3 is 2.91 bits per heavy atom. The lowest BCUT2D eigenvalue weighted by Gasteiger charge is -2.13. The Morgan fingerprint density at radius 2 is 2.13 bits per heavy atom. The van der Waals surface area contributed by atoms with Gasteiger partial charge < -0.3 is 15.8 Å². The van der Waals surface area contributed by atoms with Gasteiger partial charge in [0.1, 0.15) is 0 Å². The fourth-order valence-electron chi connectivity index (χ4n) is 2.36. The van der Waals surface area contributed by atoms with Crippen LogP contribution in [0.25, 0.3) is 11.0 Å². The van der Waals surface area contributed by atoms with Crippen molar-refractivity contribution in [3.05, 3.63) is 48.2 Å². The number of thioether (sulfide) groups is 1. The smallest absolute Gasteiger partial charge is 0.215 e. The van der Waals surface area contributed by atoms with E-state index in [1.807, 2.05) is 12.1 Å². The number of aromatic nitrogens is 2. The maximum atomic E-state index is 6.09. The minimum atomic E-state index is 0.536. The Labute approximate surface area is 139 Å². The lowest BCUT2D eigenvalue weighted by atomic mass is 10.2. The van der Waals surface area contributed by atoms with Crippen LogP contribution in [0.15, 0.2) is 47.5 Å². The number of benzene rings is 1. The molecule has 0 aliphatic rings. The molecule has 6 heteroatoms. The van der Waals surface area contributed by atoms with Crippen molar-refractivity contribution in [2.75, 3.05) is 24.4 Å². The van der Waals surface area contributed by atoms with Crippen LogP contribution in [-0.4, -0.2) is 23.3 Å². The summed E-state index contributed by atoms with van der Waals surface area (Å²) in [5, 5.41) is 4.29. The van der Waals surface area contributed by atoms with Crippen molar-refractivity contribution >= 4 is 34.2 Å². The zero-order chi connectivity index (χ0) is 16.2. The fraction of sp³-hybridized carbons (Fsp3) is 0.176. The number of ether oxygens (including phenoxy) is 1. The molecule has 118 valence electrons. The number of pyridine rings is 2. The summed E-state index contributed by atoms with van der Waals surface area (Å²) in [5.41, 5.74) is 9.35. The van der Waals surface area contributed by atoms with Crippen molar-refractivity contribution in [1.82, 2.24) is 9.97 Å². The molecule has 5 nitrogen and oxygen atoms in total. The molecule has 0 atom stereocenters. The predicted molar refractivity (Wildman–Crippen MR) is 96.1 cm³/mol. The lowest BCUT2D eigenvalue weighted by Crippen LogP contribution is -2.04. The van der Waals surface area contributed by atoms with Crippen LogP contribution in [0.4, 0.5) is 11.4 Å². The molecule has 3 rings (SSSR count). The second-order valence-corrected chi connectivity index (χ2v) is 5.90. The topological polar surface area (TPSA) is 73.1 Å². The first-order chi connectivity index (χ1) is 11.2. The maximum absolute atomic E-state index is 6.09. The number of fused-ring (bicyclic) bond motifs is 1. The van der Waals surface area contributed by atoms with E-state index in [1.54, 1.807) is 25.1 Å². The number of hydrogen-bond donors (Lipinski definition) is 2. The van der Waals surface area contributed by atoms with Gasteiger partial charge in [-0.15, -0.1) is 11.8 Å². The van der Waals surface area contributed by atoms with Crippen molar-refractivity contribution in [3.8, 4) is 5.88 Å². The largest absolute Gasteiger partial charge is 0.481 e. The van der Waals surface area contributed by atoms with E-state index < -0.39 is 0 Å². The van der Waals surface area contributed by atoms with Crippen LogP contribution in [0, 0.1) is 0 Å². The zero-order valence-corrected chi connectivity index (χ0v) is 13.9. The third-order valence-corrected chi connectivity index (χ3v) is 4.27. The van der Waals surface area contributed by atoms with Crippen LogP contribution in [0.2, 0.25) is 0 Å². The molecule has 0 saturated carbocycles. The van der Waals surface area contributed by atoms with E-state index in [-0.39, 0.29) is 0 Å². The Balaban J connectivity index is 1.91. The number of methoxy groups -OCH3 is 1. The summed E-state index contributed by atoms with van der Waals surface area (Å²) >= 11 is 1.73. The van der Waals surface area contributed by atoms with Crippen molar-refractivity contribution in [2.45, 2.75) is 11.4 Å². The molecule has 0 amide bonds. The number of nitrogen functional groups attached to an aromatic ring is 1. The molecule has 0 radical (unpaired) electrons. The normalized spacial score (nSPS) is 10.7. The minimum Gasteiger partial charge on any atom is -0.481 e. The first kappa shape index (κ1) is 15.4. The van der Waals surface area contributed by atoms with Crippen molar-refractivity contribution < 1.29 is 4.74 Å². The molecule has 0 unspecified atom stereocenters. The van der Waals surface area contributed by atoms with Gasteiger partial charge in [-0.05, 0) is 30.0 Å². The van der Waals surface area contributed by atoms with E-state index in [9.17, 15) is 0 Å². The highest BCUT2D eigenvalue weighted by Gasteiger charge is 2.09. The van der Waals surface area contributed by atoms with E-state index in [2.05, 4.69) is 45.8 Å². The Morgan fingerprint density at radius 1 is 1.26 bits per heavy atom. The van der Waals surface area contributed by atoms with Gasteiger partial charge in [0.15, 0.2) is 5.65 Å². The minimum absolute atomic E-state index is 0.536. The van der Waals surface area contributed by atoms with E-state index >= 15 is 0 Å². The average Bonchev–Trinajstić information content (AvgIpc) is 2.60. The van der Waals surface area contributed by atoms with Crippen LogP contribution in [0.1, 0.15) is 5.56 Å². The monoisotopic (exact) mass is 326 g/mol. The summed E-state index contributed by atoms with van der Waals surface area (Å²) in [6.45, 7) is 0.684. The molecule has 2 aromatic heterocycles. The number of rotatable bonds is 5. The van der Waals surface area contributed by atoms with Crippen molar-refractivity contribution in [3.63, 3.8) is 0 Å². The van der Waals surface area contributed by atoms with E-state index in [4.69, 9.17) is 10.5 Å². The quantitative estimate of drug-likeness (QED) is 0.699. The molecule has 2 heterocycles. The standard InChI is InChI=1S/C17H18N4OS/c1-22-15-7-6-13-16(14(18)10-20-17(13)21-15)19-9-11-4-3-5-12(8-11)23-2/h3-8,10H,9,18H2,1-2H3,(H,19,20,21). The molecule has 0 aliphatic carbocycles. The van der Waals surface area contributed by atoms with Crippen LogP contribution < -0.4 is 15.8 Å². The van der Waals surface area contributed by atoms with Gasteiger partial charge in [0.05, 0.1) is 24.7 Å². The molecule has 0 aliphatic heterocycles. The summed E-state index contributed by atoms with van der Waals surface area (Å²) in [5.74, 6) is 0.536. The van der Waals surface area contributed by atoms with Gasteiger partial charge in [0.25, 0.3) is 0 Å². The van der Waals surface area contributed by atoms with Crippen molar-refractivity contribution in [1.29, 1.82) is 0 Å². The van der Waals surface area contributed by atoms with Gasteiger partial charge in [0.2, 0.25) is 5.88 Å². The lowest BCUT2D eigenvalue weighted by molar-refractivity contribution is 0.399. The van der Waals surface area contributed by atoms with E-state index in [0.717, 1.165) is 11.1 Å². The van der Waals surface area contributed by atoms with Gasteiger partial charge >= 0.3 is 0 Å². The highest BCUT2D eigenvalue weighted by Crippen LogP contribution is 2.29. The van der Waals surface area contributed by atoms with Gasteiger partial charge in [-0.1, -0.05) is 12.1 Å². The number of anilines is 2. The SMILES string of the molecule is COc1ccc2c(NCc3cccc(SC)c3)c(N)cnc2n1. The van der Waals surface area contributed by atoms with Gasteiger partial charge in [-0.25, -0.2) is 4.98 Å². The first-order valence-corrected chi connectivity index (χ1v) is 8.40. The molecule has 1 aromatic carbocycles. The summed E-state index contributed by atoms with van der Waals surface area (Å²) in [6, 6.07) is 12.1. The average molecular weight is 326 g/mol. The highest BCUT2D eigenvalue weighted by atomic mass is 32.2. The molecule has 0 fully saturated rings. The first-order valence-electron chi connectivity index (χ1n) is 7.17. The van der Waals surface area contributed by atoms with Crippen LogP contribution in [0.3, 0.4) is 0 Å². The molecule has 23 heavy (non-hydrogen) atoms. The summed E-state index contributed by atoms with van der Waals surface area (Å²) in [4.78, 5) is 9.86. The highest BCUT2D eigenvalue weighted by molar-refractivity contribution is 7.98. The molecule has 0 saturated heterocycles. The zero-order valence-electron chi connectivity index (χ0n) is 13.0. The van der Waals surface area contributed by atoms with E-state index in [0.29, 0.717) is 23.8 Å². The Hall–Kier alpha value is -2.47. The second kappa shape index (κ2) is 6.75. The van der Waals surface area contributed by atoms with Crippen molar-refractivity contribution in [2.24, 2.45) is 0 Å². The van der Waals surface area contributed by atoms with E-state index in [1.165, 1.54) is 10.5 Å². The fourth-order valence-corrected chi connectivity index (χ4v) is 2.84. The number of nitrogens with two attached hydrogens (primary N) is 1. The third-order valence-electron chi connectivity index (χ3n) is 3.55. The van der Waals surface area contributed by atoms with Gasteiger partial charge in [-0.3, -0.25) is 0 Å². The molecular weight excluding hydrogens is 308 g/mol. The van der Waals surface area contributed by atoms with Crippen LogP contribution in [0.5, 0.6) is 5.88 Å². The summed E-state index contributed by atoms with van der Waals surface area (Å²) in [7, 11) is 1.59. The number of nitrogens with zero attached hydrogens (tertiary/aromatic N) is 2. The summed E-state index contributed by atoms with van der Waals surface area (Å²) in [6.07, 6.45) is 3.69.